The van der Waals surface area contributed by atoms with Crippen molar-refractivity contribution in [1.29, 1.82) is 0 Å². The highest BCUT2D eigenvalue weighted by Gasteiger charge is 2.32. The van der Waals surface area contributed by atoms with Gasteiger partial charge in [0.05, 0.1) is 35.7 Å². The second-order valence-electron chi connectivity index (χ2n) is 8.08. The first-order valence-electron chi connectivity index (χ1n) is 10.7. The summed E-state index contributed by atoms with van der Waals surface area (Å²) < 4.78 is 61.1. The molecule has 13 heteroatoms. The van der Waals surface area contributed by atoms with E-state index in [4.69, 9.17) is 4.52 Å². The summed E-state index contributed by atoms with van der Waals surface area (Å²) in [6.07, 6.45) is -1.82. The fraction of sp³-hybridized carbons (Fsp3) is 0.381. The number of benzene rings is 1. The molecule has 5 rings (SSSR count). The molecule has 9 nitrogen and oxygen atoms in total. The Kier molecular flexibility index (Phi) is 5.86. The summed E-state index contributed by atoms with van der Waals surface area (Å²) in [5, 5.41) is 20.1. The van der Waals surface area contributed by atoms with Crippen LogP contribution in [0.2, 0.25) is 0 Å². The van der Waals surface area contributed by atoms with Gasteiger partial charge in [-0.3, -0.25) is 5.10 Å². The second-order valence-corrected chi connectivity index (χ2v) is 8.08. The summed E-state index contributed by atoms with van der Waals surface area (Å²) in [7, 11) is 0. The number of alkyl halides is 4. The first-order valence-corrected chi connectivity index (χ1v) is 10.7. The summed E-state index contributed by atoms with van der Waals surface area (Å²) in [6.45, 7) is -0.169. The van der Waals surface area contributed by atoms with Crippen LogP contribution >= 0.6 is 0 Å². The number of nitrogens with zero attached hydrogens (tertiary/aromatic N) is 4. The molecule has 1 aliphatic rings. The topological polar surface area (TPSA) is 109 Å². The van der Waals surface area contributed by atoms with Gasteiger partial charge in [-0.05, 0) is 31.2 Å². The normalized spacial score (nSPS) is 18.9. The van der Waals surface area contributed by atoms with Gasteiger partial charge in [0.1, 0.15) is 12.7 Å². The molecule has 0 spiro atoms. The van der Waals surface area contributed by atoms with E-state index < -0.39 is 24.9 Å². The van der Waals surface area contributed by atoms with Crippen LogP contribution in [-0.2, 0) is 13.1 Å². The number of hydrogen-bond acceptors (Lipinski definition) is 7. The molecule has 0 bridgehead atoms. The number of rotatable bonds is 7. The zero-order valence-corrected chi connectivity index (χ0v) is 17.9. The van der Waals surface area contributed by atoms with Gasteiger partial charge in [-0.25, -0.2) is 4.39 Å². The predicted molar refractivity (Wildman–Crippen MR) is 117 cm³/mol. The molecule has 0 aliphatic carbocycles. The molecule has 2 atom stereocenters. The van der Waals surface area contributed by atoms with Crippen LogP contribution in [0.15, 0.2) is 41.2 Å². The van der Waals surface area contributed by atoms with Crippen molar-refractivity contribution in [1.82, 2.24) is 30.2 Å². The molecule has 0 radical (unpaired) electrons. The van der Waals surface area contributed by atoms with Gasteiger partial charge in [-0.2, -0.15) is 23.3 Å². The van der Waals surface area contributed by atoms with E-state index in [-0.39, 0.29) is 30.5 Å². The van der Waals surface area contributed by atoms with Crippen molar-refractivity contribution in [2.75, 3.05) is 23.7 Å². The summed E-state index contributed by atoms with van der Waals surface area (Å²) >= 11 is 0. The van der Waals surface area contributed by atoms with Crippen molar-refractivity contribution < 1.29 is 22.1 Å². The molecule has 1 aliphatic heterocycles. The van der Waals surface area contributed by atoms with E-state index >= 15 is 0 Å². The van der Waals surface area contributed by atoms with Crippen molar-refractivity contribution in [3.63, 3.8) is 0 Å². The van der Waals surface area contributed by atoms with Crippen molar-refractivity contribution >= 4 is 22.3 Å². The lowest BCUT2D eigenvalue weighted by atomic mass is 10.0. The van der Waals surface area contributed by atoms with Crippen LogP contribution < -0.4 is 16.0 Å². The van der Waals surface area contributed by atoms with E-state index in [1.54, 1.807) is 36.7 Å². The average molecular weight is 478 g/mol. The third-order valence-electron chi connectivity index (χ3n) is 5.67. The lowest BCUT2D eigenvalue weighted by molar-refractivity contribution is -0.139. The lowest BCUT2D eigenvalue weighted by Crippen LogP contribution is -2.45. The van der Waals surface area contributed by atoms with Crippen LogP contribution in [0.25, 0.3) is 22.4 Å². The molecule has 1 fully saturated rings. The molecular formula is C21H22F4N8O. The molecule has 180 valence electrons. The Morgan fingerprint density at radius 1 is 1.26 bits per heavy atom. The number of aromatic nitrogens is 5. The van der Waals surface area contributed by atoms with Crippen LogP contribution in [0.1, 0.15) is 12.3 Å². The number of aromatic amines is 1. The highest BCUT2D eigenvalue weighted by Crippen LogP contribution is 2.35. The molecule has 0 amide bonds. The summed E-state index contributed by atoms with van der Waals surface area (Å²) in [5.41, 5.74) is 1.75. The van der Waals surface area contributed by atoms with Crippen molar-refractivity contribution in [2.45, 2.75) is 37.9 Å². The zero-order valence-electron chi connectivity index (χ0n) is 17.9. The van der Waals surface area contributed by atoms with Gasteiger partial charge in [0.15, 0.2) is 0 Å². The van der Waals surface area contributed by atoms with E-state index in [1.807, 2.05) is 0 Å². The molecule has 3 aromatic heterocycles. The minimum atomic E-state index is -4.47. The summed E-state index contributed by atoms with van der Waals surface area (Å²) in [4.78, 5) is 4.28. The number of anilines is 2. The zero-order chi connectivity index (χ0) is 23.7. The second kappa shape index (κ2) is 8.97. The van der Waals surface area contributed by atoms with Crippen LogP contribution in [0.3, 0.4) is 0 Å². The van der Waals surface area contributed by atoms with Crippen LogP contribution in [0.4, 0.5) is 28.9 Å². The van der Waals surface area contributed by atoms with Gasteiger partial charge >= 0.3 is 6.18 Å². The molecule has 4 aromatic rings. The van der Waals surface area contributed by atoms with Gasteiger partial charge in [0, 0.05) is 23.8 Å². The van der Waals surface area contributed by atoms with Gasteiger partial charge < -0.3 is 25.0 Å². The summed E-state index contributed by atoms with van der Waals surface area (Å²) in [5.74, 6) is 0.231. The number of piperidine rings is 1. The van der Waals surface area contributed by atoms with Gasteiger partial charge in [0.2, 0.25) is 11.7 Å². The van der Waals surface area contributed by atoms with Crippen molar-refractivity contribution in [3.8, 4) is 11.5 Å². The molecule has 1 aromatic carbocycles. The number of hydrogen-bond donors (Lipinski definition) is 4. The molecule has 1 saturated heterocycles. The Balaban J connectivity index is 1.49. The van der Waals surface area contributed by atoms with Gasteiger partial charge in [-0.15, -0.1) is 0 Å². The van der Waals surface area contributed by atoms with Crippen molar-refractivity contribution in [2.24, 2.45) is 0 Å². The SMILES string of the molecule is F[C@H]1CNCC[C@H]1Nc1cccc2c1cc(-c1noc(CNc3cn[nH]c3)n1)n2CC(F)(F)F. The highest BCUT2D eigenvalue weighted by atomic mass is 19.4. The standard InChI is InChI=1S/C21H22F4N8O/c22-14-9-26-5-4-16(14)30-15-2-1-3-17-13(15)6-18(33(17)11-21(23,24)25)20-31-19(34-32-20)10-27-12-7-28-29-8-12/h1-3,6-8,14,16,26-27,30H,4-5,9-11H2,(H,28,29)/t14-,16+/m0/s1. The van der Waals surface area contributed by atoms with Crippen LogP contribution in [0.5, 0.6) is 0 Å². The smallest absolute Gasteiger partial charge is 0.379 e. The predicted octanol–water partition coefficient (Wildman–Crippen LogP) is 3.70. The lowest BCUT2D eigenvalue weighted by Gasteiger charge is -2.28. The van der Waals surface area contributed by atoms with Gasteiger partial charge in [-0.1, -0.05) is 11.2 Å². The third-order valence-corrected chi connectivity index (χ3v) is 5.67. The van der Waals surface area contributed by atoms with E-state index in [0.717, 1.165) is 4.57 Å². The molecular weight excluding hydrogens is 456 g/mol. The molecule has 4 N–H and O–H groups in total. The number of H-pyrrole nitrogens is 1. The maximum Gasteiger partial charge on any atom is 0.406 e. The quantitative estimate of drug-likeness (QED) is 0.300. The van der Waals surface area contributed by atoms with E-state index in [1.165, 1.54) is 0 Å². The summed E-state index contributed by atoms with van der Waals surface area (Å²) in [6, 6.07) is 6.11. The minimum Gasteiger partial charge on any atom is -0.379 e. The highest BCUT2D eigenvalue weighted by molar-refractivity contribution is 5.96. The fourth-order valence-electron chi connectivity index (χ4n) is 4.08. The van der Waals surface area contributed by atoms with Gasteiger partial charge in [0.25, 0.3) is 0 Å². The minimum absolute atomic E-state index is 0.0284. The van der Waals surface area contributed by atoms with Crippen LogP contribution in [0, 0.1) is 0 Å². The first-order chi connectivity index (χ1) is 16.4. The number of nitrogens with one attached hydrogen (secondary N) is 4. The van der Waals surface area contributed by atoms with Crippen molar-refractivity contribution in [3.05, 3.63) is 42.5 Å². The Morgan fingerprint density at radius 3 is 2.91 bits per heavy atom. The number of halogens is 4. The third kappa shape index (κ3) is 4.69. The Hall–Kier alpha value is -3.61. The largest absolute Gasteiger partial charge is 0.406 e. The average Bonchev–Trinajstić information content (AvgIpc) is 3.54. The Morgan fingerprint density at radius 2 is 2.15 bits per heavy atom. The molecule has 0 unspecified atom stereocenters. The maximum absolute atomic E-state index is 14.4. The van der Waals surface area contributed by atoms with E-state index in [2.05, 4.69) is 36.3 Å². The first kappa shape index (κ1) is 22.2. The molecule has 4 heterocycles. The van der Waals surface area contributed by atoms with E-state index in [9.17, 15) is 17.6 Å². The molecule has 34 heavy (non-hydrogen) atoms. The number of fused-ring (bicyclic) bond motifs is 1. The van der Waals surface area contributed by atoms with Crippen LogP contribution in [-0.4, -0.2) is 56.4 Å². The fourth-order valence-corrected chi connectivity index (χ4v) is 4.08. The van der Waals surface area contributed by atoms with E-state index in [0.29, 0.717) is 35.2 Å². The Bertz CT molecular complexity index is 1250. The maximum atomic E-state index is 14.4. The monoisotopic (exact) mass is 478 g/mol. The molecule has 0 saturated carbocycles. The Labute approximate surface area is 190 Å².